The molecular formula is C15H15ClN2OS. The Labute approximate surface area is 127 Å². The van der Waals surface area contributed by atoms with Crippen molar-refractivity contribution in [2.24, 2.45) is 0 Å². The number of benzene rings is 1. The first-order chi connectivity index (χ1) is 9.70. The predicted octanol–water partition coefficient (Wildman–Crippen LogP) is 4.38. The van der Waals surface area contributed by atoms with Crippen LogP contribution in [0.2, 0.25) is 4.34 Å². The molecule has 3 rings (SSSR count). The Balaban J connectivity index is 2.03. The summed E-state index contributed by atoms with van der Waals surface area (Å²) in [5.41, 5.74) is 1.62. The van der Waals surface area contributed by atoms with Crippen LogP contribution in [0.15, 0.2) is 36.4 Å². The maximum Gasteiger partial charge on any atom is 0.257 e. The monoisotopic (exact) mass is 306 g/mol. The van der Waals surface area contributed by atoms with E-state index in [0.717, 1.165) is 33.4 Å². The van der Waals surface area contributed by atoms with E-state index in [1.54, 1.807) is 0 Å². The number of anilines is 1. The number of carbonyl (C=O) groups is 1. The summed E-state index contributed by atoms with van der Waals surface area (Å²) in [6.07, 6.45) is 0.792. The van der Waals surface area contributed by atoms with Crippen molar-refractivity contribution >= 4 is 34.5 Å². The molecule has 0 fully saturated rings. The van der Waals surface area contributed by atoms with Gasteiger partial charge in [0.1, 0.15) is 6.17 Å². The zero-order valence-corrected chi connectivity index (χ0v) is 12.7. The lowest BCUT2D eigenvalue weighted by atomic mass is 10.1. The molecule has 0 aliphatic carbocycles. The van der Waals surface area contributed by atoms with Crippen LogP contribution >= 0.6 is 22.9 Å². The molecule has 1 atom stereocenters. The van der Waals surface area contributed by atoms with Gasteiger partial charge in [-0.3, -0.25) is 4.79 Å². The highest BCUT2D eigenvalue weighted by atomic mass is 35.5. The first-order valence-electron chi connectivity index (χ1n) is 6.62. The summed E-state index contributed by atoms with van der Waals surface area (Å²) in [5, 5.41) is 3.45. The van der Waals surface area contributed by atoms with Crippen LogP contribution in [-0.2, 0) is 0 Å². The Morgan fingerprint density at radius 1 is 1.30 bits per heavy atom. The number of rotatable bonds is 3. The van der Waals surface area contributed by atoms with Crippen molar-refractivity contribution in [2.75, 3.05) is 11.9 Å². The second-order valence-electron chi connectivity index (χ2n) is 4.73. The number of para-hydroxylation sites is 1. The highest BCUT2D eigenvalue weighted by Gasteiger charge is 2.32. The van der Waals surface area contributed by atoms with Crippen molar-refractivity contribution in [2.45, 2.75) is 19.5 Å². The van der Waals surface area contributed by atoms with Gasteiger partial charge in [-0.2, -0.15) is 0 Å². The highest BCUT2D eigenvalue weighted by Crippen LogP contribution is 2.36. The van der Waals surface area contributed by atoms with Crippen LogP contribution in [0, 0.1) is 0 Å². The topological polar surface area (TPSA) is 32.3 Å². The van der Waals surface area contributed by atoms with E-state index >= 15 is 0 Å². The molecule has 0 bridgehead atoms. The molecule has 0 radical (unpaired) electrons. The SMILES string of the molecule is CCCN1C(=O)c2ccccc2N[C@H]1c1ccc(Cl)s1. The molecule has 0 spiro atoms. The van der Waals surface area contributed by atoms with Crippen molar-refractivity contribution in [1.82, 2.24) is 4.90 Å². The Bertz CT molecular complexity index is 640. The van der Waals surface area contributed by atoms with Crippen molar-refractivity contribution < 1.29 is 4.79 Å². The lowest BCUT2D eigenvalue weighted by Gasteiger charge is -2.37. The van der Waals surface area contributed by atoms with Gasteiger partial charge in [-0.05, 0) is 30.7 Å². The average molecular weight is 307 g/mol. The summed E-state index contributed by atoms with van der Waals surface area (Å²) in [4.78, 5) is 15.6. The lowest BCUT2D eigenvalue weighted by Crippen LogP contribution is -2.42. The summed E-state index contributed by atoms with van der Waals surface area (Å²) in [6, 6.07) is 11.5. The second-order valence-corrected chi connectivity index (χ2v) is 6.48. The van der Waals surface area contributed by atoms with Gasteiger partial charge in [0.25, 0.3) is 5.91 Å². The highest BCUT2D eigenvalue weighted by molar-refractivity contribution is 7.16. The minimum atomic E-state index is -0.130. The van der Waals surface area contributed by atoms with Gasteiger partial charge in [0, 0.05) is 17.1 Å². The minimum Gasteiger partial charge on any atom is -0.360 e. The summed E-state index contributed by atoms with van der Waals surface area (Å²) in [7, 11) is 0. The van der Waals surface area contributed by atoms with E-state index in [1.165, 1.54) is 11.3 Å². The van der Waals surface area contributed by atoms with Gasteiger partial charge in [0.2, 0.25) is 0 Å². The zero-order chi connectivity index (χ0) is 14.1. The van der Waals surface area contributed by atoms with E-state index in [2.05, 4.69) is 12.2 Å². The number of hydrogen-bond donors (Lipinski definition) is 1. The van der Waals surface area contributed by atoms with Gasteiger partial charge in [-0.25, -0.2) is 0 Å². The van der Waals surface area contributed by atoms with Crippen LogP contribution in [0.5, 0.6) is 0 Å². The Kier molecular flexibility index (Phi) is 3.68. The number of thiophene rings is 1. The minimum absolute atomic E-state index is 0.0794. The number of amides is 1. The van der Waals surface area contributed by atoms with Crippen LogP contribution in [0.1, 0.15) is 34.7 Å². The lowest BCUT2D eigenvalue weighted by molar-refractivity contribution is 0.0686. The number of carbonyl (C=O) groups excluding carboxylic acids is 1. The van der Waals surface area contributed by atoms with Crippen molar-refractivity contribution in [1.29, 1.82) is 0 Å². The molecule has 1 amide bonds. The molecular weight excluding hydrogens is 292 g/mol. The van der Waals surface area contributed by atoms with Gasteiger partial charge in [-0.15, -0.1) is 11.3 Å². The second kappa shape index (κ2) is 5.46. The third kappa shape index (κ3) is 2.30. The van der Waals surface area contributed by atoms with E-state index < -0.39 is 0 Å². The van der Waals surface area contributed by atoms with Gasteiger partial charge in [-0.1, -0.05) is 30.7 Å². The molecule has 1 N–H and O–H groups in total. The molecule has 0 saturated heterocycles. The average Bonchev–Trinajstić information content (AvgIpc) is 2.88. The Hall–Kier alpha value is -1.52. The maximum absolute atomic E-state index is 12.7. The van der Waals surface area contributed by atoms with Gasteiger partial charge in [0.05, 0.1) is 9.90 Å². The molecule has 2 heterocycles. The molecule has 0 saturated carbocycles. The number of halogens is 1. The molecule has 1 aromatic carbocycles. The van der Waals surface area contributed by atoms with E-state index in [-0.39, 0.29) is 12.1 Å². The molecule has 0 unspecified atom stereocenters. The summed E-state index contributed by atoms with van der Waals surface area (Å²) in [6.45, 7) is 2.80. The molecule has 5 heteroatoms. The molecule has 1 aliphatic rings. The third-order valence-corrected chi connectivity index (χ3v) is 4.63. The molecule has 20 heavy (non-hydrogen) atoms. The van der Waals surface area contributed by atoms with Crippen LogP contribution < -0.4 is 5.32 Å². The molecule has 3 nitrogen and oxygen atoms in total. The Morgan fingerprint density at radius 3 is 2.80 bits per heavy atom. The predicted molar refractivity (Wildman–Crippen MR) is 83.5 cm³/mol. The van der Waals surface area contributed by atoms with Gasteiger partial charge >= 0.3 is 0 Å². The number of nitrogens with one attached hydrogen (secondary N) is 1. The third-order valence-electron chi connectivity index (χ3n) is 3.35. The Morgan fingerprint density at radius 2 is 2.10 bits per heavy atom. The van der Waals surface area contributed by atoms with Crippen molar-refractivity contribution in [3.63, 3.8) is 0 Å². The fourth-order valence-electron chi connectivity index (χ4n) is 2.46. The largest absolute Gasteiger partial charge is 0.360 e. The number of hydrogen-bond acceptors (Lipinski definition) is 3. The zero-order valence-electron chi connectivity index (χ0n) is 11.1. The quantitative estimate of drug-likeness (QED) is 0.912. The summed E-state index contributed by atoms with van der Waals surface area (Å²) >= 11 is 7.54. The van der Waals surface area contributed by atoms with Gasteiger partial charge in [0.15, 0.2) is 0 Å². The maximum atomic E-state index is 12.7. The number of fused-ring (bicyclic) bond motifs is 1. The van der Waals surface area contributed by atoms with E-state index in [4.69, 9.17) is 11.6 Å². The molecule has 104 valence electrons. The van der Waals surface area contributed by atoms with Gasteiger partial charge < -0.3 is 10.2 Å². The van der Waals surface area contributed by atoms with E-state index in [0.29, 0.717) is 0 Å². The molecule has 1 aromatic heterocycles. The fourth-order valence-corrected chi connectivity index (χ4v) is 3.59. The van der Waals surface area contributed by atoms with E-state index in [9.17, 15) is 4.79 Å². The van der Waals surface area contributed by atoms with E-state index in [1.807, 2.05) is 41.3 Å². The van der Waals surface area contributed by atoms with Crippen LogP contribution in [0.3, 0.4) is 0 Å². The fraction of sp³-hybridized carbons (Fsp3) is 0.267. The first-order valence-corrected chi connectivity index (χ1v) is 7.82. The summed E-state index contributed by atoms with van der Waals surface area (Å²) in [5.74, 6) is 0.0794. The van der Waals surface area contributed by atoms with Crippen molar-refractivity contribution in [3.05, 3.63) is 51.2 Å². The smallest absolute Gasteiger partial charge is 0.257 e. The standard InChI is InChI=1S/C15H15ClN2OS/c1-2-9-18-14(12-7-8-13(16)20-12)17-11-6-4-3-5-10(11)15(18)19/h3-8,14,17H,2,9H2,1H3/t14-/m1/s1. The van der Waals surface area contributed by atoms with Crippen LogP contribution in [0.25, 0.3) is 0 Å². The van der Waals surface area contributed by atoms with Crippen LogP contribution in [-0.4, -0.2) is 17.4 Å². The number of nitrogens with zero attached hydrogens (tertiary/aromatic N) is 1. The van der Waals surface area contributed by atoms with Crippen molar-refractivity contribution in [3.8, 4) is 0 Å². The molecule has 1 aliphatic heterocycles. The summed E-state index contributed by atoms with van der Waals surface area (Å²) < 4.78 is 0.740. The molecule has 2 aromatic rings. The normalized spacial score (nSPS) is 17.8. The van der Waals surface area contributed by atoms with Crippen LogP contribution in [0.4, 0.5) is 5.69 Å². The first kappa shape index (κ1) is 13.5.